The van der Waals surface area contributed by atoms with Gasteiger partial charge in [-0.05, 0) is 49.9 Å². The highest BCUT2D eigenvalue weighted by Crippen LogP contribution is 2.45. The zero-order valence-electron chi connectivity index (χ0n) is 21.8. The number of H-pyrrole nitrogens is 1. The summed E-state index contributed by atoms with van der Waals surface area (Å²) in [4.78, 5) is 19.9. The van der Waals surface area contributed by atoms with Crippen LogP contribution in [0.3, 0.4) is 0 Å². The molecule has 3 N–H and O–H groups in total. The molecule has 2 fully saturated rings. The van der Waals surface area contributed by atoms with Gasteiger partial charge in [0.2, 0.25) is 0 Å². The molecule has 13 nitrogen and oxygen atoms in total. The number of carbonyl (C=O) groups excluding carboxylic acids is 1. The fraction of sp³-hybridized carbons (Fsp3) is 0.308. The summed E-state index contributed by atoms with van der Waals surface area (Å²) in [5.74, 6) is -0.791. The van der Waals surface area contributed by atoms with E-state index in [4.69, 9.17) is 10.7 Å². The van der Waals surface area contributed by atoms with Gasteiger partial charge in [-0.1, -0.05) is 0 Å². The standard InChI is InChI=1S/C26H25FN10O3S/c1-41(39,40)23-22(14-8-18-6-7-19(9-14)36(18)26(38)21-12-29-34-33-21)32-25-20(11-31-37(25)24(23)28)15-10-30-35(13-15)17-4-2-16(27)3-5-17/h2-5,10-14,18-19H,6-9,28H2,1H3,(H,29,33,34)/t14-,18-,19+. The molecule has 210 valence electrons. The Balaban J connectivity index is 1.29. The van der Waals surface area contributed by atoms with Gasteiger partial charge in [-0.3, -0.25) is 4.79 Å². The molecule has 0 spiro atoms. The lowest BCUT2D eigenvalue weighted by Crippen LogP contribution is -2.46. The Labute approximate surface area is 233 Å². The number of hydrogen-bond donors (Lipinski definition) is 2. The van der Waals surface area contributed by atoms with Crippen LogP contribution in [0.1, 0.15) is 47.8 Å². The van der Waals surface area contributed by atoms with Crippen LogP contribution < -0.4 is 5.73 Å². The van der Waals surface area contributed by atoms with Crippen molar-refractivity contribution in [2.24, 2.45) is 0 Å². The van der Waals surface area contributed by atoms with Gasteiger partial charge in [0.25, 0.3) is 5.91 Å². The summed E-state index contributed by atoms with van der Waals surface area (Å²) in [5.41, 5.74) is 9.49. The molecule has 3 atom stereocenters. The largest absolute Gasteiger partial charge is 0.382 e. The molecular formula is C26H25FN10O3S. The van der Waals surface area contributed by atoms with E-state index >= 15 is 0 Å². The van der Waals surface area contributed by atoms with Crippen LogP contribution in [0.15, 0.2) is 53.9 Å². The van der Waals surface area contributed by atoms with Crippen LogP contribution in [-0.4, -0.2) is 77.4 Å². The lowest BCUT2D eigenvalue weighted by atomic mass is 9.87. The van der Waals surface area contributed by atoms with Crippen LogP contribution in [0.4, 0.5) is 10.2 Å². The van der Waals surface area contributed by atoms with Crippen LogP contribution in [-0.2, 0) is 9.84 Å². The van der Waals surface area contributed by atoms with Crippen molar-refractivity contribution in [3.63, 3.8) is 0 Å². The van der Waals surface area contributed by atoms with Gasteiger partial charge in [-0.25, -0.2) is 22.5 Å². The third kappa shape index (κ3) is 4.15. The van der Waals surface area contributed by atoms with Crippen molar-refractivity contribution in [2.45, 2.75) is 48.6 Å². The topological polar surface area (TPSA) is 170 Å². The number of nitrogens with two attached hydrogens (primary N) is 1. The summed E-state index contributed by atoms with van der Waals surface area (Å²) < 4.78 is 42.4. The number of carbonyl (C=O) groups is 1. The van der Waals surface area contributed by atoms with Crippen molar-refractivity contribution in [3.05, 3.63) is 66.3 Å². The molecular weight excluding hydrogens is 551 g/mol. The first-order chi connectivity index (χ1) is 19.7. The van der Waals surface area contributed by atoms with Crippen molar-refractivity contribution in [1.82, 2.24) is 44.7 Å². The van der Waals surface area contributed by atoms with Crippen LogP contribution in [0, 0.1) is 5.82 Å². The van der Waals surface area contributed by atoms with E-state index in [9.17, 15) is 17.6 Å². The molecule has 6 heterocycles. The number of aromatic amines is 1. The van der Waals surface area contributed by atoms with E-state index in [1.807, 2.05) is 4.90 Å². The smallest absolute Gasteiger partial charge is 0.276 e. The number of piperidine rings is 1. The Morgan fingerprint density at radius 1 is 1.07 bits per heavy atom. The summed E-state index contributed by atoms with van der Waals surface area (Å²) in [5, 5.41) is 18.9. The third-order valence-electron chi connectivity index (χ3n) is 8.01. The highest BCUT2D eigenvalue weighted by Gasteiger charge is 2.46. The molecule has 0 unspecified atom stereocenters. The van der Waals surface area contributed by atoms with Gasteiger partial charge in [0.1, 0.15) is 16.5 Å². The predicted molar refractivity (Wildman–Crippen MR) is 144 cm³/mol. The molecule has 0 aliphatic carbocycles. The van der Waals surface area contributed by atoms with E-state index in [0.717, 1.165) is 19.1 Å². The first-order valence-electron chi connectivity index (χ1n) is 13.1. The Hall–Kier alpha value is -4.66. The molecule has 0 radical (unpaired) electrons. The molecule has 7 rings (SSSR count). The molecule has 2 bridgehead atoms. The van der Waals surface area contributed by atoms with Gasteiger partial charge in [0.15, 0.2) is 21.2 Å². The number of fused-ring (bicyclic) bond motifs is 3. The van der Waals surface area contributed by atoms with E-state index < -0.39 is 9.84 Å². The number of nitrogens with zero attached hydrogens (tertiary/aromatic N) is 8. The van der Waals surface area contributed by atoms with Gasteiger partial charge in [-0.2, -0.15) is 30.1 Å². The number of nitrogen functional groups attached to an aromatic ring is 1. The highest BCUT2D eigenvalue weighted by molar-refractivity contribution is 7.91. The molecule has 5 aromatic rings. The SMILES string of the molecule is CS(=O)(=O)c1c([C@@H]2C[C@H]3CC[C@@H](C2)N3C(=O)c2cn[nH]n2)nc2c(-c3cnn(-c4ccc(F)cc4)c3)cnn2c1N. The van der Waals surface area contributed by atoms with Crippen LogP contribution in [0.5, 0.6) is 0 Å². The molecule has 4 aromatic heterocycles. The monoisotopic (exact) mass is 576 g/mol. The Kier molecular flexibility index (Phi) is 5.67. The Morgan fingerprint density at radius 3 is 2.46 bits per heavy atom. The summed E-state index contributed by atoms with van der Waals surface area (Å²) in [6.07, 6.45) is 10.2. The van der Waals surface area contributed by atoms with Crippen LogP contribution in [0.2, 0.25) is 0 Å². The van der Waals surface area contributed by atoms with Gasteiger partial charge < -0.3 is 10.6 Å². The van der Waals surface area contributed by atoms with E-state index in [1.54, 1.807) is 35.4 Å². The molecule has 41 heavy (non-hydrogen) atoms. The Bertz CT molecular complexity index is 1890. The molecule has 2 aliphatic heterocycles. The number of anilines is 1. The molecule has 2 aliphatic rings. The molecule has 1 aromatic carbocycles. The summed E-state index contributed by atoms with van der Waals surface area (Å²) in [7, 11) is -3.77. The van der Waals surface area contributed by atoms with Crippen molar-refractivity contribution >= 4 is 27.2 Å². The number of nitrogens with one attached hydrogen (secondary N) is 1. The average molecular weight is 577 g/mol. The minimum absolute atomic E-state index is 0.0156. The highest BCUT2D eigenvalue weighted by atomic mass is 32.2. The number of amides is 1. The van der Waals surface area contributed by atoms with Crippen molar-refractivity contribution in [3.8, 4) is 16.8 Å². The van der Waals surface area contributed by atoms with Gasteiger partial charge in [-0.15, -0.1) is 0 Å². The first-order valence-corrected chi connectivity index (χ1v) is 14.9. The molecule has 15 heteroatoms. The zero-order chi connectivity index (χ0) is 28.5. The maximum atomic E-state index is 13.4. The van der Waals surface area contributed by atoms with Gasteiger partial charge in [0, 0.05) is 41.6 Å². The molecule has 2 saturated heterocycles. The summed E-state index contributed by atoms with van der Waals surface area (Å²) in [6.45, 7) is 0. The zero-order valence-corrected chi connectivity index (χ0v) is 22.7. The summed E-state index contributed by atoms with van der Waals surface area (Å²) in [6, 6.07) is 5.75. The van der Waals surface area contributed by atoms with Crippen molar-refractivity contribution in [2.75, 3.05) is 12.0 Å². The quantitative estimate of drug-likeness (QED) is 0.319. The number of benzene rings is 1. The molecule has 0 saturated carbocycles. The minimum atomic E-state index is -3.77. The lowest BCUT2D eigenvalue weighted by molar-refractivity contribution is 0.0562. The van der Waals surface area contributed by atoms with Gasteiger partial charge in [0.05, 0.1) is 30.0 Å². The van der Waals surface area contributed by atoms with E-state index in [1.165, 1.54) is 22.8 Å². The normalized spacial score (nSPS) is 20.6. The number of rotatable bonds is 5. The second kappa shape index (κ2) is 9.19. The van der Waals surface area contributed by atoms with Gasteiger partial charge >= 0.3 is 0 Å². The van der Waals surface area contributed by atoms with E-state index in [0.29, 0.717) is 41.0 Å². The number of hydrogen-bond acceptors (Lipinski definition) is 9. The first kappa shape index (κ1) is 25.3. The number of aromatic nitrogens is 8. The Morgan fingerprint density at radius 2 is 1.80 bits per heavy atom. The fourth-order valence-corrected chi connectivity index (χ4v) is 7.30. The van der Waals surface area contributed by atoms with Crippen molar-refractivity contribution < 1.29 is 17.6 Å². The maximum absolute atomic E-state index is 13.4. The second-order valence-corrected chi connectivity index (χ2v) is 12.5. The maximum Gasteiger partial charge on any atom is 0.276 e. The fourth-order valence-electron chi connectivity index (χ4n) is 6.24. The number of halogens is 1. The van der Waals surface area contributed by atoms with E-state index in [2.05, 4.69) is 25.6 Å². The summed E-state index contributed by atoms with van der Waals surface area (Å²) >= 11 is 0. The molecule has 1 amide bonds. The van der Waals surface area contributed by atoms with Crippen LogP contribution >= 0.6 is 0 Å². The minimum Gasteiger partial charge on any atom is -0.382 e. The number of sulfone groups is 1. The lowest BCUT2D eigenvalue weighted by Gasteiger charge is -2.38. The third-order valence-corrected chi connectivity index (χ3v) is 9.17. The van der Waals surface area contributed by atoms with E-state index in [-0.39, 0.29) is 46.1 Å². The predicted octanol–water partition coefficient (Wildman–Crippen LogP) is 2.38. The van der Waals surface area contributed by atoms with Crippen LogP contribution in [0.25, 0.3) is 22.5 Å². The van der Waals surface area contributed by atoms with Crippen molar-refractivity contribution in [1.29, 1.82) is 0 Å². The average Bonchev–Trinajstić information content (AvgIpc) is 3.74. The second-order valence-electron chi connectivity index (χ2n) is 10.5.